The van der Waals surface area contributed by atoms with E-state index in [1.807, 2.05) is 13.8 Å². The maximum atomic E-state index is 8.70. The van der Waals surface area contributed by atoms with E-state index in [9.17, 15) is 0 Å². The normalized spacial score (nSPS) is 14.6. The number of unbranched alkanes of at least 4 members (excludes halogenated alkanes) is 1. The van der Waals surface area contributed by atoms with Crippen LogP contribution in [0.1, 0.15) is 33.6 Å². The third-order valence-corrected chi connectivity index (χ3v) is 1.77. The Morgan fingerprint density at radius 1 is 1.14 bits per heavy atom. The van der Waals surface area contributed by atoms with E-state index in [2.05, 4.69) is 6.92 Å². The Kier molecular flexibility index (Phi) is 15.3. The summed E-state index contributed by atoms with van der Waals surface area (Å²) in [6.45, 7) is 7.40. The van der Waals surface area contributed by atoms with Gasteiger partial charge in [0.2, 0.25) is 0 Å². The van der Waals surface area contributed by atoms with E-state index in [4.69, 9.17) is 14.6 Å². The third kappa shape index (κ3) is 11.2. The predicted molar refractivity (Wildman–Crippen MR) is 61.4 cm³/mol. The van der Waals surface area contributed by atoms with Crippen LogP contribution in [0.15, 0.2) is 0 Å². The monoisotopic (exact) mass is 232 g/mol. The molecular weight excluding hydrogens is 208 g/mol. The Morgan fingerprint density at radius 3 is 2.29 bits per heavy atom. The summed E-state index contributed by atoms with van der Waals surface area (Å²) < 4.78 is 10.8. The molecule has 0 saturated carbocycles. The van der Waals surface area contributed by atoms with Crippen LogP contribution < -0.4 is 0 Å². The van der Waals surface area contributed by atoms with Crippen LogP contribution in [-0.2, 0) is 9.47 Å². The average molecular weight is 232 g/mol. The van der Waals surface area contributed by atoms with Crippen molar-refractivity contribution in [3.05, 3.63) is 0 Å². The Labute approximate surface area is 117 Å². The Bertz CT molecular complexity index is 112. The second-order valence-electron chi connectivity index (χ2n) is 3.36. The Balaban J connectivity index is 0. The molecule has 0 amide bonds. The minimum absolute atomic E-state index is 0. The molecule has 0 bridgehead atoms. The van der Waals surface area contributed by atoms with E-state index in [-0.39, 0.29) is 56.6 Å². The van der Waals surface area contributed by atoms with Crippen molar-refractivity contribution >= 4 is 37.7 Å². The van der Waals surface area contributed by atoms with Crippen molar-refractivity contribution in [3.63, 3.8) is 0 Å². The number of aliphatic hydroxyl groups is 1. The molecule has 0 heterocycles. The molecule has 0 rings (SSSR count). The van der Waals surface area contributed by atoms with Crippen LogP contribution in [0.4, 0.5) is 0 Å². The number of rotatable bonds is 8. The van der Waals surface area contributed by atoms with Crippen LogP contribution in [-0.4, -0.2) is 74.9 Å². The molecule has 2 atom stereocenters. The summed E-state index contributed by atoms with van der Waals surface area (Å²) in [7, 11) is 0. The molecule has 1 N–H and O–H groups in total. The van der Waals surface area contributed by atoms with Gasteiger partial charge in [-0.05, 0) is 20.3 Å². The van der Waals surface area contributed by atoms with Crippen LogP contribution in [0.2, 0.25) is 0 Å². The topological polar surface area (TPSA) is 38.7 Å². The summed E-state index contributed by atoms with van der Waals surface area (Å²) in [6, 6.07) is 0. The van der Waals surface area contributed by atoms with Crippen molar-refractivity contribution in [2.24, 2.45) is 0 Å². The summed E-state index contributed by atoms with van der Waals surface area (Å²) in [4.78, 5) is 0. The molecule has 0 aliphatic rings. The van der Waals surface area contributed by atoms with Gasteiger partial charge in [0.15, 0.2) is 0 Å². The number of hydrogen-bond acceptors (Lipinski definition) is 3. The van der Waals surface area contributed by atoms with Gasteiger partial charge in [0.25, 0.3) is 0 Å². The van der Waals surface area contributed by atoms with E-state index < -0.39 is 0 Å². The first kappa shape index (κ1) is 17.5. The van der Waals surface area contributed by atoms with Gasteiger partial charge in [0, 0.05) is 6.61 Å². The van der Waals surface area contributed by atoms with E-state index in [0.717, 1.165) is 19.4 Å². The van der Waals surface area contributed by atoms with Gasteiger partial charge in [-0.2, -0.15) is 0 Å². The van der Waals surface area contributed by atoms with Gasteiger partial charge in [-0.15, -0.1) is 0 Å². The van der Waals surface area contributed by atoms with Crippen LogP contribution in [0.25, 0.3) is 0 Å². The van der Waals surface area contributed by atoms with Crippen molar-refractivity contribution in [2.45, 2.75) is 45.8 Å². The fraction of sp³-hybridized carbons (Fsp3) is 1.00. The van der Waals surface area contributed by atoms with Crippen molar-refractivity contribution in [1.29, 1.82) is 0 Å². The first-order valence-corrected chi connectivity index (χ1v) is 5.04. The molecule has 0 spiro atoms. The minimum atomic E-state index is -0.0859. The molecule has 84 valence electrons. The summed E-state index contributed by atoms with van der Waals surface area (Å²) in [5, 5.41) is 8.70. The van der Waals surface area contributed by atoms with E-state index in [0.29, 0.717) is 6.61 Å². The molecule has 14 heavy (non-hydrogen) atoms. The summed E-state index contributed by atoms with van der Waals surface area (Å²) in [5.74, 6) is 0. The quantitative estimate of drug-likeness (QED) is 0.494. The summed E-state index contributed by atoms with van der Waals surface area (Å²) in [6.07, 6.45) is 2.29. The first-order valence-electron chi connectivity index (χ1n) is 5.04. The molecule has 0 aliphatic heterocycles. The SMILES string of the molecule is CCCCOC(C)COC(C)CO.[CaH2]. The van der Waals surface area contributed by atoms with Gasteiger partial charge < -0.3 is 14.6 Å². The van der Waals surface area contributed by atoms with Gasteiger partial charge in [-0.25, -0.2) is 0 Å². The zero-order chi connectivity index (χ0) is 10.1. The van der Waals surface area contributed by atoms with E-state index >= 15 is 0 Å². The predicted octanol–water partition coefficient (Wildman–Crippen LogP) is 0.673. The summed E-state index contributed by atoms with van der Waals surface area (Å²) >= 11 is 0. The van der Waals surface area contributed by atoms with E-state index in [1.54, 1.807) is 0 Å². The molecule has 0 fully saturated rings. The van der Waals surface area contributed by atoms with Crippen LogP contribution in [0.5, 0.6) is 0 Å². The van der Waals surface area contributed by atoms with Crippen LogP contribution in [0, 0.1) is 0 Å². The van der Waals surface area contributed by atoms with Gasteiger partial charge in [-0.3, -0.25) is 0 Å². The molecule has 0 aliphatic carbocycles. The molecule has 0 radical (unpaired) electrons. The zero-order valence-corrected chi connectivity index (χ0v) is 8.95. The number of hydrogen-bond donors (Lipinski definition) is 1. The van der Waals surface area contributed by atoms with Crippen molar-refractivity contribution in [1.82, 2.24) is 0 Å². The third-order valence-electron chi connectivity index (χ3n) is 1.77. The molecule has 0 aromatic rings. The molecule has 2 unspecified atom stereocenters. The molecule has 4 heteroatoms. The number of ether oxygens (including phenoxy) is 2. The molecule has 0 aromatic heterocycles. The van der Waals surface area contributed by atoms with Crippen LogP contribution in [0.3, 0.4) is 0 Å². The van der Waals surface area contributed by atoms with Crippen molar-refractivity contribution in [2.75, 3.05) is 19.8 Å². The summed E-state index contributed by atoms with van der Waals surface area (Å²) in [5.41, 5.74) is 0. The number of aliphatic hydroxyl groups excluding tert-OH is 1. The van der Waals surface area contributed by atoms with Gasteiger partial charge in [0.05, 0.1) is 25.4 Å². The molecule has 0 aromatic carbocycles. The fourth-order valence-electron chi connectivity index (χ4n) is 0.829. The average Bonchev–Trinajstić information content (AvgIpc) is 2.14. The zero-order valence-electron chi connectivity index (χ0n) is 8.95. The van der Waals surface area contributed by atoms with Crippen LogP contribution >= 0.6 is 0 Å². The fourth-order valence-corrected chi connectivity index (χ4v) is 0.829. The second kappa shape index (κ2) is 12.2. The van der Waals surface area contributed by atoms with Crippen molar-refractivity contribution in [3.8, 4) is 0 Å². The van der Waals surface area contributed by atoms with Crippen molar-refractivity contribution < 1.29 is 14.6 Å². The molecule has 3 nitrogen and oxygen atoms in total. The Morgan fingerprint density at radius 2 is 1.79 bits per heavy atom. The molecular formula is C10H24CaO3. The standard InChI is InChI=1S/C10H22O3.Ca.2H/c1-4-5-6-12-10(3)8-13-9(2)7-11;;;/h9-11H,4-8H2,1-3H3;;;. The molecule has 0 saturated heterocycles. The maximum absolute atomic E-state index is 8.70. The first-order chi connectivity index (χ1) is 6.20. The van der Waals surface area contributed by atoms with Gasteiger partial charge >= 0.3 is 37.7 Å². The van der Waals surface area contributed by atoms with Gasteiger partial charge in [0.1, 0.15) is 0 Å². The van der Waals surface area contributed by atoms with Gasteiger partial charge in [-0.1, -0.05) is 13.3 Å². The second-order valence-corrected chi connectivity index (χ2v) is 3.36. The Hall–Kier alpha value is 1.14. The van der Waals surface area contributed by atoms with E-state index in [1.165, 1.54) is 0 Å².